The second-order valence-corrected chi connectivity index (χ2v) is 3.72. The minimum atomic E-state index is -0.399. The average Bonchev–Trinajstić information content (AvgIpc) is 2.17. The van der Waals surface area contributed by atoms with Crippen LogP contribution in [0.1, 0.15) is 17.9 Å². The molecule has 1 unspecified atom stereocenters. The predicted molar refractivity (Wildman–Crippen MR) is 53.3 cm³/mol. The maximum atomic E-state index is 13.0. The molecule has 1 atom stereocenters. The highest BCUT2D eigenvalue weighted by atomic mass is 35.5. The van der Waals surface area contributed by atoms with Crippen LogP contribution in [0.2, 0.25) is 5.02 Å². The maximum Gasteiger partial charge on any atom is 0.127 e. The molecule has 0 bridgehead atoms. The molecule has 0 amide bonds. The Labute approximate surface area is 86.1 Å². The van der Waals surface area contributed by atoms with E-state index in [2.05, 4.69) is 5.32 Å². The molecule has 0 saturated heterocycles. The van der Waals surface area contributed by atoms with Crippen LogP contribution in [0.25, 0.3) is 0 Å². The molecule has 2 rings (SSSR count). The number of benzene rings is 1. The molecule has 4 heteroatoms. The van der Waals surface area contributed by atoms with Gasteiger partial charge < -0.3 is 10.1 Å². The third kappa shape index (κ3) is 1.48. The highest BCUT2D eigenvalue weighted by molar-refractivity contribution is 6.33. The Kier molecular flexibility index (Phi) is 2.42. The van der Waals surface area contributed by atoms with Crippen molar-refractivity contribution >= 4 is 23.6 Å². The van der Waals surface area contributed by atoms with Crippen molar-refractivity contribution in [2.24, 2.45) is 0 Å². The van der Waals surface area contributed by atoms with Crippen LogP contribution in [0.3, 0.4) is 0 Å². The monoisotopic (exact) mass is 213 g/mol. The minimum Gasteiger partial charge on any atom is -0.384 e. The van der Waals surface area contributed by atoms with E-state index in [9.17, 15) is 9.18 Å². The summed E-state index contributed by atoms with van der Waals surface area (Å²) < 4.78 is 13.0. The van der Waals surface area contributed by atoms with Gasteiger partial charge in [0, 0.05) is 12.5 Å². The Balaban J connectivity index is 2.56. The molecule has 0 radical (unpaired) electrons. The van der Waals surface area contributed by atoms with Gasteiger partial charge in [-0.2, -0.15) is 0 Å². The number of nitrogens with one attached hydrogen (secondary N) is 1. The van der Waals surface area contributed by atoms with Crippen molar-refractivity contribution in [2.75, 3.05) is 11.9 Å². The SMILES string of the molecule is O=CC1CCNc2c(Cl)cc(F)cc21. The van der Waals surface area contributed by atoms with Crippen molar-refractivity contribution < 1.29 is 9.18 Å². The maximum absolute atomic E-state index is 13.0. The summed E-state index contributed by atoms with van der Waals surface area (Å²) in [5, 5.41) is 3.40. The molecule has 0 spiro atoms. The summed E-state index contributed by atoms with van der Waals surface area (Å²) >= 11 is 5.85. The largest absolute Gasteiger partial charge is 0.384 e. The number of halogens is 2. The summed E-state index contributed by atoms with van der Waals surface area (Å²) in [5.74, 6) is -0.635. The lowest BCUT2D eigenvalue weighted by Crippen LogP contribution is -2.18. The number of anilines is 1. The number of aldehydes is 1. The van der Waals surface area contributed by atoms with Gasteiger partial charge in [-0.15, -0.1) is 0 Å². The lowest BCUT2D eigenvalue weighted by Gasteiger charge is -2.23. The molecular formula is C10H9ClFNO. The van der Waals surface area contributed by atoms with E-state index in [1.165, 1.54) is 12.1 Å². The van der Waals surface area contributed by atoms with E-state index in [0.717, 1.165) is 6.29 Å². The van der Waals surface area contributed by atoms with Gasteiger partial charge in [0.25, 0.3) is 0 Å². The molecule has 0 fully saturated rings. The highest BCUT2D eigenvalue weighted by Gasteiger charge is 2.22. The lowest BCUT2D eigenvalue weighted by atomic mass is 9.92. The molecule has 2 nitrogen and oxygen atoms in total. The van der Waals surface area contributed by atoms with E-state index in [-0.39, 0.29) is 5.92 Å². The molecule has 1 aliphatic heterocycles. The zero-order valence-electron chi connectivity index (χ0n) is 7.39. The van der Waals surface area contributed by atoms with E-state index in [1.807, 2.05) is 0 Å². The van der Waals surface area contributed by atoms with Crippen LogP contribution in [0.15, 0.2) is 12.1 Å². The quantitative estimate of drug-likeness (QED) is 0.727. The number of fused-ring (bicyclic) bond motifs is 1. The van der Waals surface area contributed by atoms with Crippen LogP contribution in [-0.4, -0.2) is 12.8 Å². The molecule has 1 heterocycles. The number of carbonyl (C=O) groups is 1. The standard InChI is InChI=1S/C10H9ClFNO/c11-9-4-7(12)3-8-6(5-14)1-2-13-10(8)9/h3-6,13H,1-2H2. The Bertz CT molecular complexity index is 381. The third-order valence-electron chi connectivity index (χ3n) is 2.41. The first-order chi connectivity index (χ1) is 6.72. The van der Waals surface area contributed by atoms with Gasteiger partial charge in [0.2, 0.25) is 0 Å². The van der Waals surface area contributed by atoms with Crippen LogP contribution in [-0.2, 0) is 4.79 Å². The molecule has 1 aromatic rings. The fourth-order valence-corrected chi connectivity index (χ4v) is 2.00. The zero-order chi connectivity index (χ0) is 10.1. The molecule has 1 aliphatic rings. The van der Waals surface area contributed by atoms with Gasteiger partial charge in [0.15, 0.2) is 0 Å². The van der Waals surface area contributed by atoms with E-state index in [4.69, 9.17) is 11.6 Å². The van der Waals surface area contributed by atoms with Gasteiger partial charge in [0.1, 0.15) is 12.1 Å². The molecule has 0 saturated carbocycles. The van der Waals surface area contributed by atoms with E-state index in [1.54, 1.807) is 0 Å². The molecule has 74 valence electrons. The Morgan fingerprint density at radius 2 is 2.36 bits per heavy atom. The molecular weight excluding hydrogens is 205 g/mol. The summed E-state index contributed by atoms with van der Waals surface area (Å²) in [4.78, 5) is 10.8. The molecule has 1 aromatic carbocycles. The van der Waals surface area contributed by atoms with Crippen LogP contribution < -0.4 is 5.32 Å². The normalized spacial score (nSPS) is 19.7. The Hall–Kier alpha value is -1.09. The smallest absolute Gasteiger partial charge is 0.127 e. The fourth-order valence-electron chi connectivity index (χ4n) is 1.72. The summed E-state index contributed by atoms with van der Waals surface area (Å²) in [7, 11) is 0. The Morgan fingerprint density at radius 3 is 3.07 bits per heavy atom. The van der Waals surface area contributed by atoms with Crippen LogP contribution in [0.5, 0.6) is 0 Å². The summed E-state index contributed by atoms with van der Waals surface area (Å²) in [6, 6.07) is 2.62. The topological polar surface area (TPSA) is 29.1 Å². The van der Waals surface area contributed by atoms with Crippen molar-refractivity contribution in [1.29, 1.82) is 0 Å². The van der Waals surface area contributed by atoms with E-state index in [0.29, 0.717) is 29.2 Å². The second-order valence-electron chi connectivity index (χ2n) is 3.31. The predicted octanol–water partition coefficient (Wildman–Crippen LogP) is 2.58. The number of rotatable bonds is 1. The van der Waals surface area contributed by atoms with Crippen molar-refractivity contribution in [3.63, 3.8) is 0 Å². The lowest BCUT2D eigenvalue weighted by molar-refractivity contribution is -0.109. The Morgan fingerprint density at radius 1 is 1.57 bits per heavy atom. The minimum absolute atomic E-state index is 0.237. The fraction of sp³-hybridized carbons (Fsp3) is 0.300. The first-order valence-electron chi connectivity index (χ1n) is 4.40. The van der Waals surface area contributed by atoms with Crippen LogP contribution in [0.4, 0.5) is 10.1 Å². The van der Waals surface area contributed by atoms with Crippen LogP contribution in [0, 0.1) is 5.82 Å². The van der Waals surface area contributed by atoms with Crippen LogP contribution >= 0.6 is 11.6 Å². The second kappa shape index (κ2) is 3.58. The van der Waals surface area contributed by atoms with Gasteiger partial charge in [-0.3, -0.25) is 0 Å². The first kappa shape index (κ1) is 9.46. The molecule has 0 aromatic heterocycles. The third-order valence-corrected chi connectivity index (χ3v) is 2.70. The van der Waals surface area contributed by atoms with Crippen molar-refractivity contribution in [1.82, 2.24) is 0 Å². The van der Waals surface area contributed by atoms with Crippen molar-refractivity contribution in [3.05, 3.63) is 28.5 Å². The number of carbonyl (C=O) groups excluding carboxylic acids is 1. The van der Waals surface area contributed by atoms with Gasteiger partial charge in [-0.05, 0) is 24.1 Å². The highest BCUT2D eigenvalue weighted by Crippen LogP contribution is 2.36. The van der Waals surface area contributed by atoms with E-state index >= 15 is 0 Å². The first-order valence-corrected chi connectivity index (χ1v) is 4.78. The zero-order valence-corrected chi connectivity index (χ0v) is 8.14. The summed E-state index contributed by atoms with van der Waals surface area (Å²) in [6.45, 7) is 0.696. The van der Waals surface area contributed by atoms with Gasteiger partial charge in [-0.1, -0.05) is 11.6 Å². The van der Waals surface area contributed by atoms with Gasteiger partial charge >= 0.3 is 0 Å². The summed E-state index contributed by atoms with van der Waals surface area (Å²) in [6.07, 6.45) is 1.53. The van der Waals surface area contributed by atoms with Gasteiger partial charge in [-0.25, -0.2) is 4.39 Å². The van der Waals surface area contributed by atoms with Gasteiger partial charge in [0.05, 0.1) is 10.7 Å². The van der Waals surface area contributed by atoms with E-state index < -0.39 is 5.82 Å². The molecule has 0 aliphatic carbocycles. The van der Waals surface area contributed by atoms with Crippen molar-refractivity contribution in [2.45, 2.75) is 12.3 Å². The average molecular weight is 214 g/mol. The molecule has 1 N–H and O–H groups in total. The molecule has 14 heavy (non-hydrogen) atoms. The number of hydrogen-bond donors (Lipinski definition) is 1. The van der Waals surface area contributed by atoms with Crippen molar-refractivity contribution in [3.8, 4) is 0 Å². The summed E-state index contributed by atoms with van der Waals surface area (Å²) in [5.41, 5.74) is 1.35. The number of hydrogen-bond acceptors (Lipinski definition) is 2.